The first-order chi connectivity index (χ1) is 9.24. The fraction of sp³-hybridized carbons (Fsp3) is 0.500. The Morgan fingerprint density at radius 3 is 3.05 bits per heavy atom. The van der Waals surface area contributed by atoms with E-state index >= 15 is 0 Å². The maximum atomic E-state index is 4.59. The molecule has 2 aromatic heterocycles. The van der Waals surface area contributed by atoms with Gasteiger partial charge in [0.1, 0.15) is 6.33 Å². The van der Waals surface area contributed by atoms with E-state index in [2.05, 4.69) is 40.3 Å². The van der Waals surface area contributed by atoms with Crippen molar-refractivity contribution in [2.24, 2.45) is 0 Å². The molecule has 0 aliphatic carbocycles. The molecule has 1 aliphatic rings. The van der Waals surface area contributed by atoms with Crippen LogP contribution in [0.15, 0.2) is 18.6 Å². The Hall–Kier alpha value is -1.75. The SMILES string of the molecule is CC(C)n1ccc(Cc2ncnc3c2CNCC3)n1. The minimum Gasteiger partial charge on any atom is -0.312 e. The van der Waals surface area contributed by atoms with Crippen LogP contribution in [0.5, 0.6) is 0 Å². The number of fused-ring (bicyclic) bond motifs is 1. The molecule has 1 N–H and O–H groups in total. The molecule has 100 valence electrons. The van der Waals surface area contributed by atoms with E-state index in [1.807, 2.05) is 10.9 Å². The fourth-order valence-corrected chi connectivity index (χ4v) is 2.41. The zero-order valence-electron chi connectivity index (χ0n) is 11.4. The molecule has 0 spiro atoms. The van der Waals surface area contributed by atoms with E-state index in [1.165, 1.54) is 11.3 Å². The van der Waals surface area contributed by atoms with Crippen LogP contribution in [-0.2, 0) is 19.4 Å². The van der Waals surface area contributed by atoms with Gasteiger partial charge in [-0.05, 0) is 19.9 Å². The van der Waals surface area contributed by atoms with E-state index in [9.17, 15) is 0 Å². The third kappa shape index (κ3) is 2.51. The highest BCUT2D eigenvalue weighted by atomic mass is 15.3. The van der Waals surface area contributed by atoms with Crippen LogP contribution in [-0.4, -0.2) is 26.3 Å². The largest absolute Gasteiger partial charge is 0.312 e. The van der Waals surface area contributed by atoms with Gasteiger partial charge in [-0.3, -0.25) is 4.68 Å². The van der Waals surface area contributed by atoms with Crippen LogP contribution >= 0.6 is 0 Å². The Balaban J connectivity index is 1.86. The predicted molar refractivity (Wildman–Crippen MR) is 72.9 cm³/mol. The van der Waals surface area contributed by atoms with E-state index in [0.717, 1.165) is 37.3 Å². The molecule has 5 nitrogen and oxygen atoms in total. The molecule has 0 atom stereocenters. The molecule has 1 aliphatic heterocycles. The second-order valence-electron chi connectivity index (χ2n) is 5.23. The monoisotopic (exact) mass is 257 g/mol. The maximum Gasteiger partial charge on any atom is 0.115 e. The zero-order chi connectivity index (χ0) is 13.2. The minimum absolute atomic E-state index is 0.398. The summed E-state index contributed by atoms with van der Waals surface area (Å²) >= 11 is 0. The van der Waals surface area contributed by atoms with Crippen molar-refractivity contribution < 1.29 is 0 Å². The van der Waals surface area contributed by atoms with E-state index in [4.69, 9.17) is 0 Å². The summed E-state index contributed by atoms with van der Waals surface area (Å²) in [5.74, 6) is 0. The van der Waals surface area contributed by atoms with Gasteiger partial charge >= 0.3 is 0 Å². The van der Waals surface area contributed by atoms with Crippen molar-refractivity contribution in [1.29, 1.82) is 0 Å². The van der Waals surface area contributed by atoms with Gasteiger partial charge in [-0.2, -0.15) is 5.10 Å². The van der Waals surface area contributed by atoms with Crippen molar-refractivity contribution in [3.8, 4) is 0 Å². The van der Waals surface area contributed by atoms with E-state index in [-0.39, 0.29) is 0 Å². The Kier molecular flexibility index (Phi) is 3.29. The second-order valence-corrected chi connectivity index (χ2v) is 5.23. The predicted octanol–water partition coefficient (Wildman–Crippen LogP) is 1.49. The molecular weight excluding hydrogens is 238 g/mol. The van der Waals surface area contributed by atoms with Crippen molar-refractivity contribution in [2.75, 3.05) is 6.54 Å². The summed E-state index contributed by atoms with van der Waals surface area (Å²) in [7, 11) is 0. The maximum absolute atomic E-state index is 4.59. The van der Waals surface area contributed by atoms with Crippen molar-refractivity contribution in [1.82, 2.24) is 25.1 Å². The highest BCUT2D eigenvalue weighted by Gasteiger charge is 2.16. The molecular formula is C14H19N5. The minimum atomic E-state index is 0.398. The number of aromatic nitrogens is 4. The summed E-state index contributed by atoms with van der Waals surface area (Å²) in [5.41, 5.74) is 4.62. The third-order valence-corrected chi connectivity index (χ3v) is 3.51. The number of nitrogens with one attached hydrogen (secondary N) is 1. The van der Waals surface area contributed by atoms with Crippen LogP contribution in [0.4, 0.5) is 0 Å². The van der Waals surface area contributed by atoms with Crippen LogP contribution in [0.2, 0.25) is 0 Å². The van der Waals surface area contributed by atoms with Gasteiger partial charge in [0.05, 0.1) is 11.4 Å². The van der Waals surface area contributed by atoms with Crippen molar-refractivity contribution in [3.05, 3.63) is 41.2 Å². The number of hydrogen-bond donors (Lipinski definition) is 1. The van der Waals surface area contributed by atoms with Crippen LogP contribution in [0.1, 0.15) is 42.5 Å². The Labute approximate surface area is 113 Å². The van der Waals surface area contributed by atoms with Gasteiger partial charge in [-0.1, -0.05) is 0 Å². The van der Waals surface area contributed by atoms with Crippen molar-refractivity contribution >= 4 is 0 Å². The Morgan fingerprint density at radius 1 is 1.37 bits per heavy atom. The topological polar surface area (TPSA) is 55.6 Å². The fourth-order valence-electron chi connectivity index (χ4n) is 2.41. The Bertz CT molecular complexity index is 573. The van der Waals surface area contributed by atoms with Crippen LogP contribution in [0.25, 0.3) is 0 Å². The summed E-state index contributed by atoms with van der Waals surface area (Å²) in [6.07, 6.45) is 5.49. The molecule has 0 radical (unpaired) electrons. The molecule has 0 unspecified atom stereocenters. The third-order valence-electron chi connectivity index (χ3n) is 3.51. The van der Waals surface area contributed by atoms with Gasteiger partial charge in [0, 0.05) is 49.4 Å². The summed E-state index contributed by atoms with van der Waals surface area (Å²) in [5, 5.41) is 7.97. The summed E-state index contributed by atoms with van der Waals surface area (Å²) < 4.78 is 1.99. The van der Waals surface area contributed by atoms with Gasteiger partial charge in [0.15, 0.2) is 0 Å². The molecule has 19 heavy (non-hydrogen) atoms. The summed E-state index contributed by atoms with van der Waals surface area (Å²) in [6, 6.07) is 2.47. The molecule has 0 fully saturated rings. The van der Waals surface area contributed by atoms with Gasteiger partial charge < -0.3 is 5.32 Å². The molecule has 0 saturated heterocycles. The quantitative estimate of drug-likeness (QED) is 0.905. The number of nitrogens with zero attached hydrogens (tertiary/aromatic N) is 4. The molecule has 3 rings (SSSR count). The van der Waals surface area contributed by atoms with Crippen molar-refractivity contribution in [2.45, 2.75) is 39.3 Å². The normalized spacial score (nSPS) is 14.7. The smallest absolute Gasteiger partial charge is 0.115 e. The first-order valence-electron chi connectivity index (χ1n) is 6.80. The van der Waals surface area contributed by atoms with Gasteiger partial charge in [0.25, 0.3) is 0 Å². The summed E-state index contributed by atoms with van der Waals surface area (Å²) in [6.45, 7) is 6.14. The lowest BCUT2D eigenvalue weighted by molar-refractivity contribution is 0.527. The number of rotatable bonds is 3. The van der Waals surface area contributed by atoms with E-state index in [0.29, 0.717) is 6.04 Å². The first-order valence-corrected chi connectivity index (χ1v) is 6.80. The average Bonchev–Trinajstić information content (AvgIpc) is 2.88. The Morgan fingerprint density at radius 2 is 2.26 bits per heavy atom. The highest BCUT2D eigenvalue weighted by Crippen LogP contribution is 2.17. The lowest BCUT2D eigenvalue weighted by Crippen LogP contribution is -2.26. The molecule has 0 amide bonds. The van der Waals surface area contributed by atoms with Gasteiger partial charge in [-0.15, -0.1) is 0 Å². The lowest BCUT2D eigenvalue weighted by atomic mass is 10.0. The molecule has 0 aromatic carbocycles. The molecule has 3 heterocycles. The average molecular weight is 257 g/mol. The van der Waals surface area contributed by atoms with E-state index < -0.39 is 0 Å². The van der Waals surface area contributed by atoms with Gasteiger partial charge in [0.2, 0.25) is 0 Å². The lowest BCUT2D eigenvalue weighted by Gasteiger charge is -2.18. The summed E-state index contributed by atoms with van der Waals surface area (Å²) in [4.78, 5) is 8.82. The van der Waals surface area contributed by atoms with Crippen LogP contribution in [0.3, 0.4) is 0 Å². The van der Waals surface area contributed by atoms with Crippen LogP contribution < -0.4 is 5.32 Å². The second kappa shape index (κ2) is 5.09. The highest BCUT2D eigenvalue weighted by molar-refractivity contribution is 5.29. The molecule has 0 bridgehead atoms. The molecule has 5 heteroatoms. The molecule has 2 aromatic rings. The number of hydrogen-bond acceptors (Lipinski definition) is 4. The van der Waals surface area contributed by atoms with E-state index in [1.54, 1.807) is 6.33 Å². The molecule has 0 saturated carbocycles. The van der Waals surface area contributed by atoms with Crippen molar-refractivity contribution in [3.63, 3.8) is 0 Å². The standard InChI is InChI=1S/C14H19N5/c1-10(2)19-6-4-11(18-19)7-14-12-8-15-5-3-13(12)16-9-17-14/h4,6,9-10,15H,3,5,7-8H2,1-2H3. The first kappa shape index (κ1) is 12.3. The van der Waals surface area contributed by atoms with Gasteiger partial charge in [-0.25, -0.2) is 9.97 Å². The van der Waals surface area contributed by atoms with Crippen LogP contribution in [0, 0.1) is 0 Å². The zero-order valence-corrected chi connectivity index (χ0v) is 11.4.